The van der Waals surface area contributed by atoms with Crippen LogP contribution in [0.3, 0.4) is 0 Å². The van der Waals surface area contributed by atoms with Crippen molar-refractivity contribution in [2.75, 3.05) is 5.32 Å². The number of nitrogens with zero attached hydrogens (tertiary/aromatic N) is 2. The molecule has 118 valence electrons. The number of nitrogens with one attached hydrogen (secondary N) is 2. The van der Waals surface area contributed by atoms with E-state index in [0.29, 0.717) is 0 Å². The summed E-state index contributed by atoms with van der Waals surface area (Å²) in [6, 6.07) is 13.3. The summed E-state index contributed by atoms with van der Waals surface area (Å²) in [6.07, 6.45) is 1.75. The van der Waals surface area contributed by atoms with Crippen LogP contribution in [-0.4, -0.2) is 15.8 Å². The summed E-state index contributed by atoms with van der Waals surface area (Å²) in [4.78, 5) is 12.3. The van der Waals surface area contributed by atoms with Crippen LogP contribution in [0.2, 0.25) is 0 Å². The Morgan fingerprint density at radius 3 is 2.70 bits per heavy atom. The van der Waals surface area contributed by atoms with Crippen molar-refractivity contribution in [3.8, 4) is 0 Å². The highest BCUT2D eigenvalue weighted by atomic mass is 79.9. The van der Waals surface area contributed by atoms with Crippen molar-refractivity contribution in [3.63, 3.8) is 0 Å². The first-order valence-electron chi connectivity index (χ1n) is 7.28. The molecular formula is C17H17BrN4O. The lowest BCUT2D eigenvalue weighted by atomic mass is 10.1. The van der Waals surface area contributed by atoms with Gasteiger partial charge in [-0.3, -0.25) is 4.68 Å². The Hall–Kier alpha value is -2.34. The van der Waals surface area contributed by atoms with Crippen LogP contribution in [0.15, 0.2) is 53.1 Å². The Morgan fingerprint density at radius 2 is 1.96 bits per heavy atom. The van der Waals surface area contributed by atoms with Crippen LogP contribution in [0, 0.1) is 0 Å². The lowest BCUT2D eigenvalue weighted by Gasteiger charge is -2.15. The molecule has 1 heterocycles. The molecule has 0 aliphatic rings. The van der Waals surface area contributed by atoms with Gasteiger partial charge in [-0.2, -0.15) is 5.10 Å². The van der Waals surface area contributed by atoms with E-state index in [1.54, 1.807) is 10.9 Å². The van der Waals surface area contributed by atoms with Crippen molar-refractivity contribution in [2.24, 2.45) is 7.05 Å². The van der Waals surface area contributed by atoms with Gasteiger partial charge >= 0.3 is 6.03 Å². The molecule has 23 heavy (non-hydrogen) atoms. The Balaban J connectivity index is 1.72. The van der Waals surface area contributed by atoms with Gasteiger partial charge in [-0.25, -0.2) is 4.79 Å². The first-order chi connectivity index (χ1) is 11.0. The molecule has 6 heteroatoms. The number of urea groups is 1. The van der Waals surface area contributed by atoms with Crippen molar-refractivity contribution in [3.05, 3.63) is 58.7 Å². The number of amides is 2. The lowest BCUT2D eigenvalue weighted by molar-refractivity contribution is 0.249. The van der Waals surface area contributed by atoms with Crippen molar-refractivity contribution in [1.82, 2.24) is 15.1 Å². The number of benzene rings is 2. The van der Waals surface area contributed by atoms with Gasteiger partial charge in [0.2, 0.25) is 0 Å². The molecule has 3 aromatic rings. The maximum Gasteiger partial charge on any atom is 0.319 e. The van der Waals surface area contributed by atoms with E-state index in [0.717, 1.165) is 26.6 Å². The van der Waals surface area contributed by atoms with E-state index in [4.69, 9.17) is 0 Å². The average molecular weight is 373 g/mol. The SMILES string of the molecule is CC(NC(=O)Nc1cccc2c1cnn2C)c1ccc(Br)cc1. The van der Waals surface area contributed by atoms with Crippen molar-refractivity contribution in [1.29, 1.82) is 0 Å². The maximum atomic E-state index is 12.3. The summed E-state index contributed by atoms with van der Waals surface area (Å²) in [5, 5.41) is 11.0. The van der Waals surface area contributed by atoms with Crippen LogP contribution in [-0.2, 0) is 7.05 Å². The number of rotatable bonds is 3. The molecule has 5 nitrogen and oxygen atoms in total. The molecule has 0 bridgehead atoms. The summed E-state index contributed by atoms with van der Waals surface area (Å²) in [5.41, 5.74) is 2.77. The molecule has 1 aromatic heterocycles. The standard InChI is InChI=1S/C17H17BrN4O/c1-11(12-6-8-13(18)9-7-12)20-17(23)21-15-4-3-5-16-14(15)10-19-22(16)2/h3-11H,1-2H3,(H2,20,21,23). The van der Waals surface area contributed by atoms with Gasteiger partial charge in [0, 0.05) is 16.9 Å². The molecule has 2 aromatic carbocycles. The number of aryl methyl sites for hydroxylation is 1. The average Bonchev–Trinajstić information content (AvgIpc) is 2.90. The number of aromatic nitrogens is 2. The highest BCUT2D eigenvalue weighted by molar-refractivity contribution is 9.10. The summed E-state index contributed by atoms with van der Waals surface area (Å²) in [5.74, 6) is 0. The number of fused-ring (bicyclic) bond motifs is 1. The van der Waals surface area contributed by atoms with Crippen LogP contribution in [0.4, 0.5) is 10.5 Å². The lowest BCUT2D eigenvalue weighted by Crippen LogP contribution is -2.31. The van der Waals surface area contributed by atoms with E-state index in [2.05, 4.69) is 31.7 Å². The van der Waals surface area contributed by atoms with Crippen LogP contribution < -0.4 is 10.6 Å². The minimum absolute atomic E-state index is 0.0869. The first-order valence-corrected chi connectivity index (χ1v) is 8.07. The van der Waals surface area contributed by atoms with Gasteiger partial charge in [0.15, 0.2) is 0 Å². The fraction of sp³-hybridized carbons (Fsp3) is 0.176. The summed E-state index contributed by atoms with van der Waals surface area (Å²) in [7, 11) is 1.88. The second kappa shape index (κ2) is 6.42. The van der Waals surface area contributed by atoms with E-state index < -0.39 is 0 Å². The van der Waals surface area contributed by atoms with E-state index >= 15 is 0 Å². The number of carbonyl (C=O) groups excluding carboxylic acids is 1. The summed E-state index contributed by atoms with van der Waals surface area (Å²) < 4.78 is 2.80. The molecular weight excluding hydrogens is 356 g/mol. The predicted octanol–water partition coefficient (Wildman–Crippen LogP) is 4.22. The zero-order valence-electron chi connectivity index (χ0n) is 12.9. The normalized spacial score (nSPS) is 12.1. The Labute approximate surface area is 142 Å². The van der Waals surface area contributed by atoms with Crippen LogP contribution in [0.5, 0.6) is 0 Å². The monoisotopic (exact) mass is 372 g/mol. The second-order valence-corrected chi connectivity index (χ2v) is 6.29. The molecule has 2 amide bonds. The molecule has 2 N–H and O–H groups in total. The minimum atomic E-state index is -0.239. The molecule has 1 unspecified atom stereocenters. The second-order valence-electron chi connectivity index (χ2n) is 5.38. The van der Waals surface area contributed by atoms with E-state index in [1.807, 2.05) is 56.4 Å². The third-order valence-corrected chi connectivity index (χ3v) is 4.29. The Morgan fingerprint density at radius 1 is 1.22 bits per heavy atom. The maximum absolute atomic E-state index is 12.3. The fourth-order valence-corrected chi connectivity index (χ4v) is 2.74. The fourth-order valence-electron chi connectivity index (χ4n) is 2.48. The van der Waals surface area contributed by atoms with Gasteiger partial charge in [-0.15, -0.1) is 0 Å². The third-order valence-electron chi connectivity index (χ3n) is 3.76. The van der Waals surface area contributed by atoms with Crippen LogP contribution >= 0.6 is 15.9 Å². The molecule has 3 rings (SSSR count). The molecule has 0 saturated heterocycles. The Kier molecular flexibility index (Phi) is 4.34. The summed E-state index contributed by atoms with van der Waals surface area (Å²) in [6.45, 7) is 1.95. The van der Waals surface area contributed by atoms with Gasteiger partial charge in [0.05, 0.1) is 23.4 Å². The number of halogens is 1. The smallest absolute Gasteiger partial charge is 0.319 e. The van der Waals surface area contributed by atoms with Gasteiger partial charge in [0.1, 0.15) is 0 Å². The number of hydrogen-bond donors (Lipinski definition) is 2. The first kappa shape index (κ1) is 15.6. The zero-order chi connectivity index (χ0) is 16.4. The summed E-state index contributed by atoms with van der Waals surface area (Å²) >= 11 is 3.41. The molecule has 0 saturated carbocycles. The molecule has 0 aliphatic carbocycles. The highest BCUT2D eigenvalue weighted by Crippen LogP contribution is 2.23. The van der Waals surface area contributed by atoms with E-state index in [1.165, 1.54) is 0 Å². The number of hydrogen-bond acceptors (Lipinski definition) is 2. The zero-order valence-corrected chi connectivity index (χ0v) is 14.5. The van der Waals surface area contributed by atoms with Crippen LogP contribution in [0.1, 0.15) is 18.5 Å². The van der Waals surface area contributed by atoms with E-state index in [9.17, 15) is 4.79 Å². The topological polar surface area (TPSA) is 59.0 Å². The number of anilines is 1. The van der Waals surface area contributed by atoms with Crippen LogP contribution in [0.25, 0.3) is 10.9 Å². The largest absolute Gasteiger partial charge is 0.331 e. The van der Waals surface area contributed by atoms with Gasteiger partial charge in [-0.05, 0) is 36.8 Å². The number of carbonyl (C=O) groups is 1. The predicted molar refractivity (Wildman–Crippen MR) is 95.4 cm³/mol. The molecule has 0 radical (unpaired) electrons. The van der Waals surface area contributed by atoms with Crippen molar-refractivity contribution >= 4 is 38.6 Å². The molecule has 0 aliphatic heterocycles. The highest BCUT2D eigenvalue weighted by Gasteiger charge is 2.11. The molecule has 0 fully saturated rings. The van der Waals surface area contributed by atoms with Gasteiger partial charge < -0.3 is 10.6 Å². The Bertz CT molecular complexity index is 841. The van der Waals surface area contributed by atoms with Crippen molar-refractivity contribution < 1.29 is 4.79 Å². The molecule has 1 atom stereocenters. The van der Waals surface area contributed by atoms with Gasteiger partial charge in [-0.1, -0.05) is 34.1 Å². The van der Waals surface area contributed by atoms with Gasteiger partial charge in [0.25, 0.3) is 0 Å². The van der Waals surface area contributed by atoms with E-state index in [-0.39, 0.29) is 12.1 Å². The minimum Gasteiger partial charge on any atom is -0.331 e. The quantitative estimate of drug-likeness (QED) is 0.722. The molecule has 0 spiro atoms. The van der Waals surface area contributed by atoms with Crippen molar-refractivity contribution in [2.45, 2.75) is 13.0 Å². The third kappa shape index (κ3) is 3.37.